The van der Waals surface area contributed by atoms with Gasteiger partial charge in [-0.2, -0.15) is 0 Å². The van der Waals surface area contributed by atoms with Crippen molar-refractivity contribution in [2.24, 2.45) is 0 Å². The second-order valence-corrected chi connectivity index (χ2v) is 5.26. The SMILES string of the molecule is CCCC#Cc1ccc(-c2ccc(C#CCCC)cc2)cc1. The molecule has 0 atom stereocenters. The number of unbranched alkanes of at least 4 members (excludes halogenated alkanes) is 2. The zero-order valence-corrected chi connectivity index (χ0v) is 13.4. The van der Waals surface area contributed by atoms with Crippen molar-refractivity contribution in [2.75, 3.05) is 0 Å². The molecular formula is C22H22. The van der Waals surface area contributed by atoms with E-state index in [1.807, 2.05) is 0 Å². The summed E-state index contributed by atoms with van der Waals surface area (Å²) in [6.45, 7) is 4.29. The van der Waals surface area contributed by atoms with Gasteiger partial charge in [0.05, 0.1) is 0 Å². The van der Waals surface area contributed by atoms with E-state index in [9.17, 15) is 0 Å². The summed E-state index contributed by atoms with van der Waals surface area (Å²) >= 11 is 0. The van der Waals surface area contributed by atoms with Crippen LogP contribution < -0.4 is 0 Å². The average molecular weight is 286 g/mol. The number of benzene rings is 2. The van der Waals surface area contributed by atoms with Crippen molar-refractivity contribution < 1.29 is 0 Å². The van der Waals surface area contributed by atoms with Gasteiger partial charge in [-0.05, 0) is 48.2 Å². The quantitative estimate of drug-likeness (QED) is 0.639. The van der Waals surface area contributed by atoms with Gasteiger partial charge < -0.3 is 0 Å². The first kappa shape index (κ1) is 15.9. The molecule has 2 rings (SSSR count). The largest absolute Gasteiger partial charge is 0.0979 e. The molecule has 0 spiro atoms. The normalized spacial score (nSPS) is 9.36. The molecule has 110 valence electrons. The van der Waals surface area contributed by atoms with Crippen molar-refractivity contribution in [2.45, 2.75) is 39.5 Å². The highest BCUT2D eigenvalue weighted by atomic mass is 14.0. The van der Waals surface area contributed by atoms with Gasteiger partial charge in [-0.25, -0.2) is 0 Å². The van der Waals surface area contributed by atoms with Crippen molar-refractivity contribution in [3.8, 4) is 34.8 Å². The lowest BCUT2D eigenvalue weighted by Crippen LogP contribution is -1.81. The van der Waals surface area contributed by atoms with E-state index in [2.05, 4.69) is 86.1 Å². The smallest absolute Gasteiger partial charge is 0.0245 e. The molecular weight excluding hydrogens is 264 g/mol. The fourth-order valence-electron chi connectivity index (χ4n) is 2.07. The van der Waals surface area contributed by atoms with E-state index in [4.69, 9.17) is 0 Å². The average Bonchev–Trinajstić information content (AvgIpc) is 2.57. The third-order valence-corrected chi connectivity index (χ3v) is 3.32. The van der Waals surface area contributed by atoms with Crippen LogP contribution in [-0.4, -0.2) is 0 Å². The van der Waals surface area contributed by atoms with Crippen LogP contribution >= 0.6 is 0 Å². The summed E-state index contributed by atoms with van der Waals surface area (Å²) in [6, 6.07) is 16.9. The van der Waals surface area contributed by atoms with Crippen LogP contribution in [0.5, 0.6) is 0 Å². The van der Waals surface area contributed by atoms with Gasteiger partial charge in [-0.15, -0.1) is 0 Å². The summed E-state index contributed by atoms with van der Waals surface area (Å²) in [7, 11) is 0. The molecule has 0 saturated heterocycles. The minimum atomic E-state index is 0.961. The van der Waals surface area contributed by atoms with Gasteiger partial charge in [-0.1, -0.05) is 61.8 Å². The Bertz CT molecular complexity index is 630. The van der Waals surface area contributed by atoms with Crippen LogP contribution in [0.25, 0.3) is 11.1 Å². The minimum absolute atomic E-state index is 0.961. The molecule has 0 N–H and O–H groups in total. The molecule has 0 fully saturated rings. The molecule has 0 bridgehead atoms. The zero-order valence-electron chi connectivity index (χ0n) is 13.4. The lowest BCUT2D eigenvalue weighted by Gasteiger charge is -2.02. The Labute approximate surface area is 134 Å². The Morgan fingerprint density at radius 1 is 0.591 bits per heavy atom. The van der Waals surface area contributed by atoms with Gasteiger partial charge in [0.15, 0.2) is 0 Å². The molecule has 22 heavy (non-hydrogen) atoms. The van der Waals surface area contributed by atoms with Crippen molar-refractivity contribution >= 4 is 0 Å². The number of hydrogen-bond donors (Lipinski definition) is 0. The van der Waals surface area contributed by atoms with Crippen LogP contribution in [0.1, 0.15) is 50.7 Å². The van der Waals surface area contributed by atoms with Gasteiger partial charge in [0.25, 0.3) is 0 Å². The van der Waals surface area contributed by atoms with E-state index in [-0.39, 0.29) is 0 Å². The van der Waals surface area contributed by atoms with E-state index in [0.717, 1.165) is 36.8 Å². The van der Waals surface area contributed by atoms with Gasteiger partial charge in [0.1, 0.15) is 0 Å². The minimum Gasteiger partial charge on any atom is -0.0979 e. The summed E-state index contributed by atoms with van der Waals surface area (Å²) in [5, 5.41) is 0. The standard InChI is InChI=1S/C22H22/c1-3-5-7-9-19-11-15-21(16-12-19)22-17-13-20(14-18-22)10-8-6-4-2/h11-18H,3-6H2,1-2H3. The summed E-state index contributed by atoms with van der Waals surface area (Å²) in [5.41, 5.74) is 4.60. The molecule has 0 heterocycles. The maximum absolute atomic E-state index is 3.19. The summed E-state index contributed by atoms with van der Waals surface area (Å²) in [6.07, 6.45) is 4.14. The van der Waals surface area contributed by atoms with E-state index in [1.54, 1.807) is 0 Å². The molecule has 0 saturated carbocycles. The summed E-state index contributed by atoms with van der Waals surface area (Å²) in [4.78, 5) is 0. The molecule has 0 aliphatic carbocycles. The van der Waals surface area contributed by atoms with Crippen LogP contribution in [0.2, 0.25) is 0 Å². The van der Waals surface area contributed by atoms with Crippen molar-refractivity contribution in [1.82, 2.24) is 0 Å². The van der Waals surface area contributed by atoms with Gasteiger partial charge in [-0.3, -0.25) is 0 Å². The molecule has 0 aromatic heterocycles. The Hall–Kier alpha value is -2.44. The van der Waals surface area contributed by atoms with E-state index >= 15 is 0 Å². The molecule has 2 aromatic rings. The highest BCUT2D eigenvalue weighted by molar-refractivity contribution is 5.65. The Morgan fingerprint density at radius 2 is 0.955 bits per heavy atom. The first-order valence-corrected chi connectivity index (χ1v) is 8.01. The Kier molecular flexibility index (Phi) is 6.35. The fraction of sp³-hybridized carbons (Fsp3) is 0.273. The van der Waals surface area contributed by atoms with E-state index < -0.39 is 0 Å². The maximum Gasteiger partial charge on any atom is 0.0245 e. The zero-order chi connectivity index (χ0) is 15.6. The molecule has 2 aromatic carbocycles. The first-order valence-electron chi connectivity index (χ1n) is 8.01. The molecule has 0 aliphatic heterocycles. The maximum atomic E-state index is 3.19. The van der Waals surface area contributed by atoms with Crippen LogP contribution in [0, 0.1) is 23.7 Å². The number of rotatable bonds is 3. The lowest BCUT2D eigenvalue weighted by atomic mass is 10.0. The van der Waals surface area contributed by atoms with E-state index in [0.29, 0.717) is 0 Å². The molecule has 0 amide bonds. The third kappa shape index (κ3) is 4.83. The Morgan fingerprint density at radius 3 is 1.27 bits per heavy atom. The van der Waals surface area contributed by atoms with Gasteiger partial charge in [0, 0.05) is 24.0 Å². The second kappa shape index (κ2) is 8.76. The van der Waals surface area contributed by atoms with Crippen LogP contribution in [-0.2, 0) is 0 Å². The molecule has 0 nitrogen and oxygen atoms in total. The number of hydrogen-bond acceptors (Lipinski definition) is 0. The van der Waals surface area contributed by atoms with Crippen molar-refractivity contribution in [3.05, 3.63) is 59.7 Å². The first-order chi connectivity index (χ1) is 10.8. The predicted octanol–water partition coefficient (Wildman–Crippen LogP) is 5.66. The highest BCUT2D eigenvalue weighted by Crippen LogP contribution is 2.20. The third-order valence-electron chi connectivity index (χ3n) is 3.32. The van der Waals surface area contributed by atoms with Crippen LogP contribution in [0.3, 0.4) is 0 Å². The molecule has 0 aliphatic rings. The van der Waals surface area contributed by atoms with Crippen LogP contribution in [0.15, 0.2) is 48.5 Å². The van der Waals surface area contributed by atoms with Crippen molar-refractivity contribution in [3.63, 3.8) is 0 Å². The van der Waals surface area contributed by atoms with Crippen molar-refractivity contribution in [1.29, 1.82) is 0 Å². The predicted molar refractivity (Wildman–Crippen MR) is 95.5 cm³/mol. The topological polar surface area (TPSA) is 0 Å². The summed E-state index contributed by atoms with van der Waals surface area (Å²) < 4.78 is 0. The second-order valence-electron chi connectivity index (χ2n) is 5.26. The van der Waals surface area contributed by atoms with Crippen LogP contribution in [0.4, 0.5) is 0 Å². The Balaban J connectivity index is 2.09. The lowest BCUT2D eigenvalue weighted by molar-refractivity contribution is 0.983. The fourth-order valence-corrected chi connectivity index (χ4v) is 2.07. The molecule has 0 radical (unpaired) electrons. The molecule has 0 heteroatoms. The molecule has 0 unspecified atom stereocenters. The van der Waals surface area contributed by atoms with Gasteiger partial charge in [0.2, 0.25) is 0 Å². The van der Waals surface area contributed by atoms with E-state index in [1.165, 1.54) is 11.1 Å². The summed E-state index contributed by atoms with van der Waals surface area (Å²) in [5.74, 6) is 12.7. The highest BCUT2D eigenvalue weighted by Gasteiger charge is 1.97. The monoisotopic (exact) mass is 286 g/mol. The van der Waals surface area contributed by atoms with Gasteiger partial charge >= 0.3 is 0 Å².